The van der Waals surface area contributed by atoms with Gasteiger partial charge in [0, 0.05) is 13.0 Å². The van der Waals surface area contributed by atoms with Gasteiger partial charge in [0.2, 0.25) is 5.91 Å². The summed E-state index contributed by atoms with van der Waals surface area (Å²) < 4.78 is 22.1. The van der Waals surface area contributed by atoms with Crippen LogP contribution in [0.15, 0.2) is 48.6 Å². The molecule has 9 heteroatoms. The minimum Gasteiger partial charge on any atom is -0.391 e. The smallest absolute Gasteiger partial charge is 0.391 e. The van der Waals surface area contributed by atoms with Crippen LogP contribution < -0.4 is 11.1 Å². The van der Waals surface area contributed by atoms with Crippen molar-refractivity contribution in [2.24, 2.45) is 5.73 Å². The predicted octanol–water partition coefficient (Wildman–Crippen LogP) is 11.3. The van der Waals surface area contributed by atoms with Crippen LogP contribution in [-0.4, -0.2) is 47.8 Å². The normalized spacial score (nSPS) is 14.7. The van der Waals surface area contributed by atoms with Crippen LogP contribution in [0.2, 0.25) is 0 Å². The molecule has 298 valence electrons. The van der Waals surface area contributed by atoms with E-state index in [-0.39, 0.29) is 32.1 Å². The van der Waals surface area contributed by atoms with Gasteiger partial charge in [0.25, 0.3) is 0 Å². The van der Waals surface area contributed by atoms with Crippen molar-refractivity contribution in [2.75, 3.05) is 19.8 Å². The molecule has 0 aromatic heterocycles. The molecule has 8 nitrogen and oxygen atoms in total. The number of phosphoric acid groups is 1. The van der Waals surface area contributed by atoms with E-state index in [0.717, 1.165) is 44.9 Å². The molecule has 0 rings (SSSR count). The summed E-state index contributed by atoms with van der Waals surface area (Å²) in [6.45, 7) is 4.03. The average molecular weight is 739 g/mol. The maximum Gasteiger partial charge on any atom is 0.472 e. The van der Waals surface area contributed by atoms with Crippen LogP contribution >= 0.6 is 7.82 Å². The zero-order chi connectivity index (χ0) is 37.5. The summed E-state index contributed by atoms with van der Waals surface area (Å²) in [7, 11) is -4.33. The number of hydrogen-bond donors (Lipinski definition) is 4. The number of carbonyl (C=O) groups excluding carboxylic acids is 1. The molecule has 0 saturated heterocycles. The van der Waals surface area contributed by atoms with Gasteiger partial charge in [-0.3, -0.25) is 13.8 Å². The minimum atomic E-state index is -4.33. The van der Waals surface area contributed by atoms with Crippen molar-refractivity contribution >= 4 is 13.7 Å². The summed E-state index contributed by atoms with van der Waals surface area (Å²) in [4.78, 5) is 22.6. The molecule has 0 aromatic rings. The summed E-state index contributed by atoms with van der Waals surface area (Å²) in [6, 6.07) is -0.813. The Morgan fingerprint density at radius 3 is 1.55 bits per heavy atom. The topological polar surface area (TPSA) is 131 Å². The van der Waals surface area contributed by atoms with E-state index in [1.165, 1.54) is 103 Å². The van der Waals surface area contributed by atoms with Gasteiger partial charge in [0.05, 0.1) is 25.4 Å². The molecule has 1 amide bonds. The number of aliphatic hydroxyl groups is 1. The Morgan fingerprint density at radius 2 is 1.10 bits per heavy atom. The molecule has 0 bridgehead atoms. The third kappa shape index (κ3) is 36.6. The Kier molecular flexibility index (Phi) is 37.0. The van der Waals surface area contributed by atoms with E-state index in [1.54, 1.807) is 0 Å². The van der Waals surface area contributed by atoms with E-state index in [1.807, 2.05) is 12.2 Å². The van der Waals surface area contributed by atoms with Crippen molar-refractivity contribution in [2.45, 2.75) is 193 Å². The highest BCUT2D eigenvalue weighted by Crippen LogP contribution is 2.43. The monoisotopic (exact) mass is 739 g/mol. The minimum absolute atomic E-state index is 0.0768. The lowest BCUT2D eigenvalue weighted by Gasteiger charge is -2.25. The zero-order valence-corrected chi connectivity index (χ0v) is 33.7. The van der Waals surface area contributed by atoms with Gasteiger partial charge in [-0.2, -0.15) is 0 Å². The molecular weight excluding hydrogens is 659 g/mol. The molecule has 0 radical (unpaired) electrons. The van der Waals surface area contributed by atoms with Crippen LogP contribution in [-0.2, 0) is 18.4 Å². The predicted molar refractivity (Wildman–Crippen MR) is 217 cm³/mol. The van der Waals surface area contributed by atoms with Crippen molar-refractivity contribution in [3.63, 3.8) is 0 Å². The van der Waals surface area contributed by atoms with Gasteiger partial charge in [-0.1, -0.05) is 184 Å². The summed E-state index contributed by atoms with van der Waals surface area (Å²) in [6.07, 6.45) is 45.7. The number of allylic oxidation sites excluding steroid dienone is 8. The second-order valence-corrected chi connectivity index (χ2v) is 15.3. The first-order valence-electron chi connectivity index (χ1n) is 20.8. The van der Waals surface area contributed by atoms with Crippen LogP contribution in [0, 0.1) is 0 Å². The molecular formula is C42H79N2O6P. The van der Waals surface area contributed by atoms with Crippen molar-refractivity contribution in [3.05, 3.63) is 48.6 Å². The number of unbranched alkanes of at least 4 members (excludes halogenated alkanes) is 18. The summed E-state index contributed by atoms with van der Waals surface area (Å²) in [5.41, 5.74) is 5.37. The molecule has 3 unspecified atom stereocenters. The number of aliphatic hydroxyl groups excluding tert-OH is 1. The van der Waals surface area contributed by atoms with Crippen molar-refractivity contribution in [1.82, 2.24) is 5.32 Å². The lowest BCUT2D eigenvalue weighted by Crippen LogP contribution is -2.46. The number of nitrogens with one attached hydrogen (secondary N) is 1. The number of rotatable bonds is 38. The zero-order valence-electron chi connectivity index (χ0n) is 32.8. The van der Waals surface area contributed by atoms with Gasteiger partial charge >= 0.3 is 7.82 Å². The fourth-order valence-corrected chi connectivity index (χ4v) is 6.61. The van der Waals surface area contributed by atoms with Gasteiger partial charge in [0.1, 0.15) is 0 Å². The first-order chi connectivity index (χ1) is 24.9. The molecule has 0 aliphatic heterocycles. The van der Waals surface area contributed by atoms with Gasteiger partial charge in [-0.25, -0.2) is 4.57 Å². The number of hydrogen-bond acceptors (Lipinski definition) is 6. The first-order valence-corrected chi connectivity index (χ1v) is 22.2. The average Bonchev–Trinajstić information content (AvgIpc) is 3.12. The fourth-order valence-electron chi connectivity index (χ4n) is 5.85. The van der Waals surface area contributed by atoms with E-state index in [2.05, 4.69) is 55.6 Å². The third-order valence-electron chi connectivity index (χ3n) is 8.96. The first kappa shape index (κ1) is 49.5. The number of carbonyl (C=O) groups is 1. The summed E-state index contributed by atoms with van der Waals surface area (Å²) in [5, 5.41) is 13.7. The SMILES string of the molecule is CC/C=C\C/C=C\C/C=C\C/C=C\CCC(=O)NC(COP(=O)(O)OCCN)C(O)CCCCCCCCCCCCCCCCCCCCC. The van der Waals surface area contributed by atoms with Crippen LogP contribution in [0.4, 0.5) is 0 Å². The van der Waals surface area contributed by atoms with E-state index < -0.39 is 20.0 Å². The second kappa shape index (κ2) is 38.2. The van der Waals surface area contributed by atoms with E-state index in [0.29, 0.717) is 12.8 Å². The fraction of sp³-hybridized carbons (Fsp3) is 0.786. The Morgan fingerprint density at radius 1 is 0.667 bits per heavy atom. The van der Waals surface area contributed by atoms with Crippen molar-refractivity contribution in [1.29, 1.82) is 0 Å². The number of phosphoric ester groups is 1. The number of amides is 1. The maximum atomic E-state index is 12.7. The quantitative estimate of drug-likeness (QED) is 0.0282. The molecule has 0 aliphatic rings. The van der Waals surface area contributed by atoms with E-state index in [4.69, 9.17) is 14.8 Å². The Hall–Kier alpha value is -1.54. The number of nitrogens with two attached hydrogens (primary N) is 1. The van der Waals surface area contributed by atoms with E-state index in [9.17, 15) is 19.4 Å². The molecule has 0 spiro atoms. The third-order valence-corrected chi connectivity index (χ3v) is 9.94. The van der Waals surface area contributed by atoms with Gasteiger partial charge in [0.15, 0.2) is 0 Å². The molecule has 3 atom stereocenters. The summed E-state index contributed by atoms with van der Waals surface area (Å²) >= 11 is 0. The van der Waals surface area contributed by atoms with Gasteiger partial charge < -0.3 is 21.1 Å². The highest BCUT2D eigenvalue weighted by molar-refractivity contribution is 7.47. The Balaban J connectivity index is 4.24. The van der Waals surface area contributed by atoms with Gasteiger partial charge in [-0.15, -0.1) is 0 Å². The standard InChI is InChI=1S/C42H79N2O6P/c1-3-5-7-9-11-13-15-17-18-19-20-21-22-24-25-27-29-31-33-35-41(45)40(39-50-51(47,48)49-38-37-43)44-42(46)36-34-32-30-28-26-23-16-14-12-10-8-6-4-2/h6,8,12,14,23,26,30,32,40-41,45H,3-5,7,9-11,13,15-22,24-25,27-29,31,33-39,43H2,1-2H3,(H,44,46)(H,47,48)/b8-6-,14-12-,26-23-,32-30-. The Bertz CT molecular complexity index is 938. The van der Waals surface area contributed by atoms with E-state index >= 15 is 0 Å². The Labute approximate surface area is 313 Å². The summed E-state index contributed by atoms with van der Waals surface area (Å²) in [5.74, 6) is -0.242. The second-order valence-electron chi connectivity index (χ2n) is 13.8. The van der Waals surface area contributed by atoms with Crippen molar-refractivity contribution < 1.29 is 28.4 Å². The highest BCUT2D eigenvalue weighted by Gasteiger charge is 2.27. The van der Waals surface area contributed by atoms with Gasteiger partial charge in [-0.05, 0) is 38.5 Å². The largest absolute Gasteiger partial charge is 0.472 e. The molecule has 0 fully saturated rings. The molecule has 5 N–H and O–H groups in total. The van der Waals surface area contributed by atoms with Crippen LogP contribution in [0.5, 0.6) is 0 Å². The van der Waals surface area contributed by atoms with Crippen molar-refractivity contribution in [3.8, 4) is 0 Å². The molecule has 0 aromatic carbocycles. The molecule has 0 heterocycles. The lowest BCUT2D eigenvalue weighted by atomic mass is 10.0. The van der Waals surface area contributed by atoms with Crippen LogP contribution in [0.25, 0.3) is 0 Å². The van der Waals surface area contributed by atoms with Crippen LogP contribution in [0.3, 0.4) is 0 Å². The lowest BCUT2D eigenvalue weighted by molar-refractivity contribution is -0.123. The molecule has 51 heavy (non-hydrogen) atoms. The highest BCUT2D eigenvalue weighted by atomic mass is 31.2. The molecule has 0 aliphatic carbocycles. The maximum absolute atomic E-state index is 12.7. The van der Waals surface area contributed by atoms with Crippen LogP contribution in [0.1, 0.15) is 181 Å². The molecule has 0 saturated carbocycles.